The van der Waals surface area contributed by atoms with Crippen LogP contribution in [0.3, 0.4) is 0 Å². The molecule has 0 spiro atoms. The molecule has 17 heavy (non-hydrogen) atoms. The summed E-state index contributed by atoms with van der Waals surface area (Å²) in [6, 6.07) is 5.18. The number of nitrogens with zero attached hydrogens (tertiary/aromatic N) is 1. The van der Waals surface area contributed by atoms with Crippen LogP contribution in [0.1, 0.15) is 6.42 Å². The summed E-state index contributed by atoms with van der Waals surface area (Å²) in [5.74, 6) is 0. The molecule has 1 aromatic heterocycles. The van der Waals surface area contributed by atoms with Crippen LogP contribution in [0.2, 0.25) is 5.02 Å². The fourth-order valence-corrected chi connectivity index (χ4v) is 2.45. The van der Waals surface area contributed by atoms with Crippen LogP contribution >= 0.6 is 22.9 Å². The molecule has 2 rings (SSSR count). The monoisotopic (exact) mass is 280 g/mol. The summed E-state index contributed by atoms with van der Waals surface area (Å²) >= 11 is 7.09. The van der Waals surface area contributed by atoms with Crippen molar-refractivity contribution in [2.24, 2.45) is 0 Å². The van der Waals surface area contributed by atoms with E-state index >= 15 is 0 Å². The Morgan fingerprint density at radius 1 is 1.35 bits per heavy atom. The zero-order valence-corrected chi connectivity index (χ0v) is 10.1. The number of nitrogens with one attached hydrogen (secondary N) is 1. The summed E-state index contributed by atoms with van der Waals surface area (Å²) in [4.78, 5) is 4.15. The van der Waals surface area contributed by atoms with Crippen molar-refractivity contribution in [3.05, 3.63) is 23.2 Å². The average Bonchev–Trinajstić information content (AvgIpc) is 2.57. The molecule has 0 aliphatic heterocycles. The highest BCUT2D eigenvalue weighted by Crippen LogP contribution is 2.28. The van der Waals surface area contributed by atoms with E-state index in [9.17, 15) is 13.2 Å². The fraction of sp³-hybridized carbons (Fsp3) is 0.300. The Balaban J connectivity index is 2.05. The van der Waals surface area contributed by atoms with Gasteiger partial charge in [0, 0.05) is 11.6 Å². The van der Waals surface area contributed by atoms with Crippen molar-refractivity contribution < 1.29 is 13.2 Å². The third-order valence-electron chi connectivity index (χ3n) is 2.04. The zero-order chi connectivity index (χ0) is 12.5. The van der Waals surface area contributed by atoms with Gasteiger partial charge in [-0.05, 0) is 18.2 Å². The summed E-state index contributed by atoms with van der Waals surface area (Å²) in [5, 5.41) is 3.72. The minimum Gasteiger partial charge on any atom is -0.361 e. The van der Waals surface area contributed by atoms with E-state index in [0.29, 0.717) is 10.2 Å². The maximum absolute atomic E-state index is 11.9. The predicted octanol–water partition coefficient (Wildman–Crippen LogP) is 4.31. The van der Waals surface area contributed by atoms with E-state index in [1.165, 1.54) is 11.3 Å². The Morgan fingerprint density at radius 2 is 2.12 bits per heavy atom. The lowest BCUT2D eigenvalue weighted by atomic mass is 10.3. The van der Waals surface area contributed by atoms with E-state index < -0.39 is 12.6 Å². The highest BCUT2D eigenvalue weighted by Gasteiger charge is 2.26. The van der Waals surface area contributed by atoms with E-state index in [0.717, 1.165) is 10.2 Å². The molecular formula is C10H8ClF3N2S. The molecule has 1 heterocycles. The molecule has 0 fully saturated rings. The number of benzene rings is 1. The van der Waals surface area contributed by atoms with Crippen molar-refractivity contribution >= 4 is 38.3 Å². The number of halogens is 4. The van der Waals surface area contributed by atoms with Gasteiger partial charge >= 0.3 is 6.18 Å². The Bertz CT molecular complexity index is 524. The van der Waals surface area contributed by atoms with E-state index in [-0.39, 0.29) is 6.54 Å². The average molecular weight is 281 g/mol. The first kappa shape index (κ1) is 12.4. The lowest BCUT2D eigenvalue weighted by Crippen LogP contribution is -2.14. The van der Waals surface area contributed by atoms with Gasteiger partial charge in [0.15, 0.2) is 5.13 Å². The molecule has 0 radical (unpaired) electrons. The maximum Gasteiger partial charge on any atom is 0.390 e. The molecular weight excluding hydrogens is 273 g/mol. The molecule has 0 bridgehead atoms. The minimum atomic E-state index is -4.15. The Kier molecular flexibility index (Phi) is 3.44. The number of thiazole rings is 1. The second-order valence-corrected chi connectivity index (χ2v) is 4.89. The van der Waals surface area contributed by atoms with Gasteiger partial charge in [-0.25, -0.2) is 4.98 Å². The van der Waals surface area contributed by atoms with Crippen LogP contribution < -0.4 is 5.32 Å². The van der Waals surface area contributed by atoms with Crippen LogP contribution in [0.4, 0.5) is 18.3 Å². The number of alkyl halides is 3. The highest BCUT2D eigenvalue weighted by molar-refractivity contribution is 7.22. The number of hydrogen-bond donors (Lipinski definition) is 1. The van der Waals surface area contributed by atoms with Crippen LogP contribution in [0, 0.1) is 0 Å². The van der Waals surface area contributed by atoms with Gasteiger partial charge in [-0.2, -0.15) is 13.2 Å². The van der Waals surface area contributed by atoms with Crippen molar-refractivity contribution in [2.75, 3.05) is 11.9 Å². The van der Waals surface area contributed by atoms with E-state index in [2.05, 4.69) is 10.3 Å². The topological polar surface area (TPSA) is 24.9 Å². The van der Waals surface area contributed by atoms with Crippen molar-refractivity contribution in [3.8, 4) is 0 Å². The first-order chi connectivity index (χ1) is 7.94. The molecule has 2 nitrogen and oxygen atoms in total. The first-order valence-corrected chi connectivity index (χ1v) is 6.00. The normalized spacial score (nSPS) is 12.0. The fourth-order valence-electron chi connectivity index (χ4n) is 1.29. The number of rotatable bonds is 3. The summed E-state index contributed by atoms with van der Waals surface area (Å²) in [6.07, 6.45) is -5.02. The Labute approximate surface area is 104 Å². The summed E-state index contributed by atoms with van der Waals surface area (Å²) in [6.45, 7) is -0.170. The quantitative estimate of drug-likeness (QED) is 0.906. The van der Waals surface area contributed by atoms with Gasteiger partial charge in [-0.1, -0.05) is 22.9 Å². The predicted molar refractivity (Wildman–Crippen MR) is 63.8 cm³/mol. The third kappa shape index (κ3) is 3.47. The summed E-state index contributed by atoms with van der Waals surface area (Å²) < 4.78 is 36.7. The highest BCUT2D eigenvalue weighted by atomic mass is 35.5. The molecule has 0 atom stereocenters. The summed E-state index contributed by atoms with van der Waals surface area (Å²) in [5.41, 5.74) is 0.730. The van der Waals surface area contributed by atoms with Crippen LogP contribution in [0.15, 0.2) is 18.2 Å². The maximum atomic E-state index is 11.9. The second-order valence-electron chi connectivity index (χ2n) is 3.42. The standard InChI is InChI=1S/C10H8ClF3N2S/c11-6-1-2-7-8(5-6)17-9(16-7)15-4-3-10(12,13)14/h1-2,5H,3-4H2,(H,15,16). The molecule has 0 unspecified atom stereocenters. The van der Waals surface area contributed by atoms with Crippen molar-refractivity contribution in [1.29, 1.82) is 0 Å². The van der Waals surface area contributed by atoms with Crippen LogP contribution in [-0.2, 0) is 0 Å². The molecule has 1 N–H and O–H groups in total. The SMILES string of the molecule is FC(F)(F)CCNc1nc2ccc(Cl)cc2s1. The summed E-state index contributed by atoms with van der Waals surface area (Å²) in [7, 11) is 0. The van der Waals surface area contributed by atoms with Crippen LogP contribution in [0.5, 0.6) is 0 Å². The van der Waals surface area contributed by atoms with Gasteiger partial charge in [0.05, 0.1) is 16.6 Å². The molecule has 92 valence electrons. The molecule has 0 saturated heterocycles. The number of fused-ring (bicyclic) bond motifs is 1. The molecule has 7 heteroatoms. The van der Waals surface area contributed by atoms with Gasteiger partial charge in [0.25, 0.3) is 0 Å². The van der Waals surface area contributed by atoms with Crippen LogP contribution in [-0.4, -0.2) is 17.7 Å². The smallest absolute Gasteiger partial charge is 0.361 e. The third-order valence-corrected chi connectivity index (χ3v) is 3.25. The molecule has 0 saturated carbocycles. The van der Waals surface area contributed by atoms with Gasteiger partial charge < -0.3 is 5.32 Å². The number of aromatic nitrogens is 1. The first-order valence-electron chi connectivity index (χ1n) is 4.81. The lowest BCUT2D eigenvalue weighted by Gasteiger charge is -2.05. The Morgan fingerprint density at radius 3 is 2.82 bits per heavy atom. The number of hydrogen-bond acceptors (Lipinski definition) is 3. The van der Waals surface area contributed by atoms with E-state index in [1.54, 1.807) is 18.2 Å². The van der Waals surface area contributed by atoms with E-state index in [4.69, 9.17) is 11.6 Å². The second kappa shape index (κ2) is 4.70. The minimum absolute atomic E-state index is 0.170. The van der Waals surface area contributed by atoms with Crippen molar-refractivity contribution in [3.63, 3.8) is 0 Å². The lowest BCUT2D eigenvalue weighted by molar-refractivity contribution is -0.131. The largest absolute Gasteiger partial charge is 0.390 e. The van der Waals surface area contributed by atoms with E-state index in [1.807, 2.05) is 0 Å². The van der Waals surface area contributed by atoms with Gasteiger partial charge in [0.2, 0.25) is 0 Å². The Hall–Kier alpha value is -1.01. The molecule has 1 aromatic carbocycles. The zero-order valence-electron chi connectivity index (χ0n) is 8.51. The van der Waals surface area contributed by atoms with Crippen molar-refractivity contribution in [1.82, 2.24) is 4.98 Å². The molecule has 0 amide bonds. The van der Waals surface area contributed by atoms with Gasteiger partial charge in [-0.3, -0.25) is 0 Å². The van der Waals surface area contributed by atoms with Gasteiger partial charge in [-0.15, -0.1) is 0 Å². The van der Waals surface area contributed by atoms with Gasteiger partial charge in [0.1, 0.15) is 0 Å². The molecule has 0 aliphatic rings. The molecule has 2 aromatic rings. The number of anilines is 1. The van der Waals surface area contributed by atoms with Crippen LogP contribution in [0.25, 0.3) is 10.2 Å². The van der Waals surface area contributed by atoms with Crippen molar-refractivity contribution in [2.45, 2.75) is 12.6 Å². The molecule has 0 aliphatic carbocycles.